The smallest absolute Gasteiger partial charge is 0.256 e. The lowest BCUT2D eigenvalue weighted by Crippen LogP contribution is -2.30. The van der Waals surface area contributed by atoms with Crippen molar-refractivity contribution in [2.24, 2.45) is 0 Å². The average molecular weight is 342 g/mol. The Bertz CT molecular complexity index is 705. The molecule has 7 nitrogen and oxygen atoms in total. The lowest BCUT2D eigenvalue weighted by Gasteiger charge is -2.26. The van der Waals surface area contributed by atoms with Crippen molar-refractivity contribution in [3.05, 3.63) is 36.2 Å². The quantitative estimate of drug-likeness (QED) is 0.900. The van der Waals surface area contributed by atoms with Crippen molar-refractivity contribution in [3.8, 4) is 11.5 Å². The predicted molar refractivity (Wildman–Crippen MR) is 95.6 cm³/mol. The van der Waals surface area contributed by atoms with Crippen LogP contribution < -0.4 is 19.7 Å². The van der Waals surface area contributed by atoms with Gasteiger partial charge in [-0.3, -0.25) is 4.79 Å². The molecule has 1 aromatic carbocycles. The predicted octanol–water partition coefficient (Wildman–Crippen LogP) is 2.74. The van der Waals surface area contributed by atoms with E-state index in [1.54, 1.807) is 44.8 Å². The molecule has 0 unspecified atom stereocenters. The molecule has 1 saturated heterocycles. The van der Waals surface area contributed by atoms with Crippen LogP contribution in [0.4, 0.5) is 11.6 Å². The highest BCUT2D eigenvalue weighted by atomic mass is 16.5. The van der Waals surface area contributed by atoms with Gasteiger partial charge in [-0.2, -0.15) is 0 Å². The number of aromatic nitrogens is 2. The van der Waals surface area contributed by atoms with Gasteiger partial charge in [0.25, 0.3) is 5.91 Å². The average Bonchev–Trinajstić information content (AvgIpc) is 2.68. The van der Waals surface area contributed by atoms with Gasteiger partial charge in [0.2, 0.25) is 5.95 Å². The van der Waals surface area contributed by atoms with Crippen molar-refractivity contribution in [2.75, 3.05) is 37.5 Å². The molecule has 1 aliphatic heterocycles. The van der Waals surface area contributed by atoms with Crippen molar-refractivity contribution in [3.63, 3.8) is 0 Å². The normalized spacial score (nSPS) is 14.1. The Hall–Kier alpha value is -2.83. The first-order valence-electron chi connectivity index (χ1n) is 8.31. The van der Waals surface area contributed by atoms with Crippen LogP contribution in [-0.2, 0) is 0 Å². The SMILES string of the molecule is COc1cc(OC)cc(C(=O)Nc2cnc(N3CCCCC3)nc2)c1. The van der Waals surface area contributed by atoms with Gasteiger partial charge in [-0.1, -0.05) is 0 Å². The van der Waals surface area contributed by atoms with Crippen molar-refractivity contribution >= 4 is 17.5 Å². The van der Waals surface area contributed by atoms with E-state index >= 15 is 0 Å². The summed E-state index contributed by atoms with van der Waals surface area (Å²) in [6.07, 6.45) is 6.85. The van der Waals surface area contributed by atoms with Crippen LogP contribution in [0.15, 0.2) is 30.6 Å². The molecule has 0 aliphatic carbocycles. The molecule has 132 valence electrons. The summed E-state index contributed by atoms with van der Waals surface area (Å²) in [5, 5.41) is 2.80. The third-order valence-electron chi connectivity index (χ3n) is 4.15. The Morgan fingerprint density at radius 2 is 1.60 bits per heavy atom. The lowest BCUT2D eigenvalue weighted by atomic mass is 10.1. The minimum Gasteiger partial charge on any atom is -0.497 e. The molecule has 0 bridgehead atoms. The number of carbonyl (C=O) groups is 1. The van der Waals surface area contributed by atoms with Crippen molar-refractivity contribution in [1.29, 1.82) is 0 Å². The Morgan fingerprint density at radius 1 is 1.00 bits per heavy atom. The molecule has 1 aromatic heterocycles. The number of nitrogens with one attached hydrogen (secondary N) is 1. The fourth-order valence-electron chi connectivity index (χ4n) is 2.78. The summed E-state index contributed by atoms with van der Waals surface area (Å²) in [5.74, 6) is 1.55. The zero-order chi connectivity index (χ0) is 17.6. The minimum atomic E-state index is -0.272. The van der Waals surface area contributed by atoms with E-state index in [1.807, 2.05) is 0 Å². The molecule has 1 N–H and O–H groups in total. The highest BCUT2D eigenvalue weighted by molar-refractivity contribution is 6.04. The molecule has 0 spiro atoms. The highest BCUT2D eigenvalue weighted by Gasteiger charge is 2.14. The fourth-order valence-corrected chi connectivity index (χ4v) is 2.78. The standard InChI is InChI=1S/C18H22N4O3/c1-24-15-8-13(9-16(10-15)25-2)17(23)21-14-11-19-18(20-12-14)22-6-4-3-5-7-22/h8-12H,3-7H2,1-2H3,(H,21,23). The fraction of sp³-hybridized carbons (Fsp3) is 0.389. The van der Waals surface area contributed by atoms with Gasteiger partial charge in [0.05, 0.1) is 32.3 Å². The molecular formula is C18H22N4O3. The van der Waals surface area contributed by atoms with Gasteiger partial charge in [-0.25, -0.2) is 9.97 Å². The number of rotatable bonds is 5. The Morgan fingerprint density at radius 3 is 2.16 bits per heavy atom. The second-order valence-corrected chi connectivity index (χ2v) is 5.87. The first-order valence-corrected chi connectivity index (χ1v) is 8.31. The summed E-state index contributed by atoms with van der Waals surface area (Å²) in [6.45, 7) is 1.96. The van der Waals surface area contributed by atoms with E-state index in [-0.39, 0.29) is 5.91 Å². The summed E-state index contributed by atoms with van der Waals surface area (Å²) in [4.78, 5) is 23.4. The molecule has 2 aromatic rings. The van der Waals surface area contributed by atoms with E-state index < -0.39 is 0 Å². The van der Waals surface area contributed by atoms with Gasteiger partial charge in [-0.05, 0) is 31.4 Å². The first-order chi connectivity index (χ1) is 12.2. The second-order valence-electron chi connectivity index (χ2n) is 5.87. The second kappa shape index (κ2) is 7.83. The maximum Gasteiger partial charge on any atom is 0.256 e. The zero-order valence-electron chi connectivity index (χ0n) is 14.5. The molecule has 1 aliphatic rings. The molecule has 1 fully saturated rings. The van der Waals surface area contributed by atoms with Gasteiger partial charge in [0, 0.05) is 24.7 Å². The van der Waals surface area contributed by atoms with Crippen molar-refractivity contribution < 1.29 is 14.3 Å². The summed E-state index contributed by atoms with van der Waals surface area (Å²) < 4.78 is 10.4. The van der Waals surface area contributed by atoms with Crippen LogP contribution in [0.3, 0.4) is 0 Å². The van der Waals surface area contributed by atoms with Crippen LogP contribution in [0.2, 0.25) is 0 Å². The third kappa shape index (κ3) is 4.17. The van der Waals surface area contributed by atoms with E-state index in [0.717, 1.165) is 13.1 Å². The Balaban J connectivity index is 1.70. The number of carbonyl (C=O) groups excluding carboxylic acids is 1. The Labute approximate surface area is 147 Å². The molecule has 25 heavy (non-hydrogen) atoms. The molecule has 0 atom stereocenters. The number of piperidine rings is 1. The van der Waals surface area contributed by atoms with Crippen LogP contribution in [-0.4, -0.2) is 43.2 Å². The van der Waals surface area contributed by atoms with E-state index in [0.29, 0.717) is 28.7 Å². The summed E-state index contributed by atoms with van der Waals surface area (Å²) >= 11 is 0. The highest BCUT2D eigenvalue weighted by Crippen LogP contribution is 2.23. The van der Waals surface area contributed by atoms with E-state index in [4.69, 9.17) is 9.47 Å². The van der Waals surface area contributed by atoms with Crippen molar-refractivity contribution in [2.45, 2.75) is 19.3 Å². The first kappa shape index (κ1) is 17.0. The van der Waals surface area contributed by atoms with E-state index in [2.05, 4.69) is 20.2 Å². The largest absolute Gasteiger partial charge is 0.497 e. The number of amides is 1. The monoisotopic (exact) mass is 342 g/mol. The van der Waals surface area contributed by atoms with Crippen LogP contribution in [0.5, 0.6) is 11.5 Å². The maximum absolute atomic E-state index is 12.4. The van der Waals surface area contributed by atoms with Gasteiger partial charge in [0.15, 0.2) is 0 Å². The summed E-state index contributed by atoms with van der Waals surface area (Å²) in [7, 11) is 3.09. The van der Waals surface area contributed by atoms with Gasteiger partial charge < -0.3 is 19.7 Å². The Kier molecular flexibility index (Phi) is 5.33. The third-order valence-corrected chi connectivity index (χ3v) is 4.15. The molecule has 0 radical (unpaired) electrons. The number of nitrogens with zero attached hydrogens (tertiary/aromatic N) is 3. The van der Waals surface area contributed by atoms with Gasteiger partial charge in [0.1, 0.15) is 11.5 Å². The molecular weight excluding hydrogens is 320 g/mol. The lowest BCUT2D eigenvalue weighted by molar-refractivity contribution is 0.102. The molecule has 3 rings (SSSR count). The topological polar surface area (TPSA) is 76.6 Å². The number of hydrogen-bond donors (Lipinski definition) is 1. The molecule has 2 heterocycles. The maximum atomic E-state index is 12.4. The van der Waals surface area contributed by atoms with Crippen LogP contribution in [0.1, 0.15) is 29.6 Å². The van der Waals surface area contributed by atoms with Crippen LogP contribution in [0.25, 0.3) is 0 Å². The van der Waals surface area contributed by atoms with Gasteiger partial charge in [-0.15, -0.1) is 0 Å². The zero-order valence-corrected chi connectivity index (χ0v) is 14.5. The number of hydrogen-bond acceptors (Lipinski definition) is 6. The number of ether oxygens (including phenoxy) is 2. The van der Waals surface area contributed by atoms with E-state index in [9.17, 15) is 4.79 Å². The number of anilines is 2. The van der Waals surface area contributed by atoms with E-state index in [1.165, 1.54) is 19.3 Å². The molecule has 1 amide bonds. The summed E-state index contributed by atoms with van der Waals surface area (Å²) in [6, 6.07) is 5.02. The van der Waals surface area contributed by atoms with Crippen LogP contribution in [0, 0.1) is 0 Å². The van der Waals surface area contributed by atoms with Crippen molar-refractivity contribution in [1.82, 2.24) is 9.97 Å². The molecule has 7 heteroatoms. The van der Waals surface area contributed by atoms with Crippen LogP contribution >= 0.6 is 0 Å². The molecule has 0 saturated carbocycles. The number of benzene rings is 1. The summed E-state index contributed by atoms with van der Waals surface area (Å²) in [5.41, 5.74) is 0.990. The van der Waals surface area contributed by atoms with Gasteiger partial charge >= 0.3 is 0 Å². The number of methoxy groups -OCH3 is 2. The minimum absolute atomic E-state index is 0.272.